The number of carbonyl (C=O) groups excluding carboxylic acids is 1. The van der Waals surface area contributed by atoms with Crippen molar-refractivity contribution in [3.8, 4) is 5.75 Å². The Balaban J connectivity index is 2.00. The molecule has 0 unspecified atom stereocenters. The highest BCUT2D eigenvalue weighted by atomic mass is 32.2. The molecule has 0 atom stereocenters. The lowest BCUT2D eigenvalue weighted by Crippen LogP contribution is -2.33. The van der Waals surface area contributed by atoms with Crippen molar-refractivity contribution in [3.05, 3.63) is 53.6 Å². The number of carbonyl (C=O) groups is 1. The van der Waals surface area contributed by atoms with Gasteiger partial charge in [0, 0.05) is 5.69 Å². The maximum Gasteiger partial charge on any atom is 0.241 e. The Morgan fingerprint density at radius 2 is 1.70 bits per heavy atom. The lowest BCUT2D eigenvalue weighted by molar-refractivity contribution is -0.115. The summed E-state index contributed by atoms with van der Waals surface area (Å²) in [5.41, 5.74) is 2.33. The average molecular weight is 391 g/mol. The number of hydrogen-bond donors (Lipinski definition) is 2. The number of anilines is 1. The Labute approximate surface area is 161 Å². The summed E-state index contributed by atoms with van der Waals surface area (Å²) in [5, 5.41) is 2.69. The predicted octanol–water partition coefficient (Wildman–Crippen LogP) is 3.22. The first kappa shape index (κ1) is 20.9. The van der Waals surface area contributed by atoms with Gasteiger partial charge in [-0.05, 0) is 53.8 Å². The van der Waals surface area contributed by atoms with Crippen LogP contribution in [0.15, 0.2) is 47.4 Å². The van der Waals surface area contributed by atoms with Crippen molar-refractivity contribution in [2.24, 2.45) is 0 Å². The van der Waals surface area contributed by atoms with Crippen LogP contribution >= 0.6 is 0 Å². The van der Waals surface area contributed by atoms with Gasteiger partial charge >= 0.3 is 0 Å². The minimum atomic E-state index is -3.80. The van der Waals surface area contributed by atoms with Gasteiger partial charge in [-0.15, -0.1) is 0 Å². The van der Waals surface area contributed by atoms with Crippen molar-refractivity contribution in [1.82, 2.24) is 4.72 Å². The highest BCUT2D eigenvalue weighted by molar-refractivity contribution is 7.89. The third-order valence-electron chi connectivity index (χ3n) is 4.13. The quantitative estimate of drug-likeness (QED) is 0.793. The number of methoxy groups -OCH3 is 1. The molecule has 1 amide bonds. The molecule has 0 saturated heterocycles. The highest BCUT2D eigenvalue weighted by Crippen LogP contribution is 2.23. The molecule has 0 aliphatic heterocycles. The van der Waals surface area contributed by atoms with Gasteiger partial charge in [-0.25, -0.2) is 13.1 Å². The van der Waals surface area contributed by atoms with E-state index in [1.165, 1.54) is 13.2 Å². The molecular formula is C20H26N2O4S. The number of rotatable bonds is 6. The molecule has 2 aromatic rings. The molecule has 0 radical (unpaired) electrons. The summed E-state index contributed by atoms with van der Waals surface area (Å²) < 4.78 is 32.3. The first-order valence-corrected chi connectivity index (χ1v) is 10.1. The Morgan fingerprint density at radius 3 is 2.22 bits per heavy atom. The van der Waals surface area contributed by atoms with Gasteiger partial charge in [0.25, 0.3) is 0 Å². The molecule has 0 bridgehead atoms. The van der Waals surface area contributed by atoms with Gasteiger partial charge in [0.15, 0.2) is 0 Å². The van der Waals surface area contributed by atoms with Gasteiger partial charge in [0.05, 0.1) is 18.6 Å². The van der Waals surface area contributed by atoms with Crippen LogP contribution < -0.4 is 14.8 Å². The Morgan fingerprint density at radius 1 is 1.07 bits per heavy atom. The summed E-state index contributed by atoms with van der Waals surface area (Å²) in [6.07, 6.45) is 0. The van der Waals surface area contributed by atoms with Crippen LogP contribution in [0.4, 0.5) is 5.69 Å². The zero-order valence-electron chi connectivity index (χ0n) is 16.3. The molecule has 2 N–H and O–H groups in total. The number of sulfonamides is 1. The van der Waals surface area contributed by atoms with Crippen LogP contribution in [0.25, 0.3) is 0 Å². The lowest BCUT2D eigenvalue weighted by atomic mass is 9.87. The molecule has 0 aliphatic rings. The molecule has 0 saturated carbocycles. The van der Waals surface area contributed by atoms with Gasteiger partial charge in [0.1, 0.15) is 5.75 Å². The van der Waals surface area contributed by atoms with Gasteiger partial charge in [0.2, 0.25) is 15.9 Å². The molecule has 0 aliphatic carbocycles. The molecule has 27 heavy (non-hydrogen) atoms. The molecule has 6 nitrogen and oxygen atoms in total. The number of benzene rings is 2. The van der Waals surface area contributed by atoms with Crippen molar-refractivity contribution in [2.75, 3.05) is 19.0 Å². The summed E-state index contributed by atoms with van der Waals surface area (Å²) in [7, 11) is -2.28. The summed E-state index contributed by atoms with van der Waals surface area (Å²) in [4.78, 5) is 12.2. The number of ether oxygens (including phenoxy) is 1. The minimum Gasteiger partial charge on any atom is -0.497 e. The molecule has 0 heterocycles. The zero-order chi connectivity index (χ0) is 20.2. The molecular weight excluding hydrogens is 364 g/mol. The van der Waals surface area contributed by atoms with Crippen LogP contribution in [0.5, 0.6) is 5.75 Å². The van der Waals surface area contributed by atoms with Crippen molar-refractivity contribution >= 4 is 21.6 Å². The average Bonchev–Trinajstić information content (AvgIpc) is 2.59. The molecule has 0 spiro atoms. The fourth-order valence-electron chi connectivity index (χ4n) is 2.55. The van der Waals surface area contributed by atoms with E-state index in [2.05, 4.69) is 30.8 Å². The summed E-state index contributed by atoms with van der Waals surface area (Å²) in [6.45, 7) is 7.65. The fourth-order valence-corrected chi connectivity index (χ4v) is 3.75. The van der Waals surface area contributed by atoms with Crippen LogP contribution in [-0.2, 0) is 20.2 Å². The molecule has 7 heteroatoms. The summed E-state index contributed by atoms with van der Waals surface area (Å²) in [6, 6.07) is 12.2. The van der Waals surface area contributed by atoms with Gasteiger partial charge in [-0.3, -0.25) is 4.79 Å². The second-order valence-electron chi connectivity index (χ2n) is 7.33. The first-order valence-electron chi connectivity index (χ1n) is 8.57. The largest absolute Gasteiger partial charge is 0.497 e. The fraction of sp³-hybridized carbons (Fsp3) is 0.350. The van der Waals surface area contributed by atoms with Crippen LogP contribution in [0.1, 0.15) is 31.9 Å². The maximum atomic E-state index is 12.4. The first-order chi connectivity index (χ1) is 12.5. The van der Waals surface area contributed by atoms with Crippen molar-refractivity contribution in [3.63, 3.8) is 0 Å². The van der Waals surface area contributed by atoms with Gasteiger partial charge < -0.3 is 10.1 Å². The van der Waals surface area contributed by atoms with Gasteiger partial charge in [-0.1, -0.05) is 32.9 Å². The maximum absolute atomic E-state index is 12.4. The second kappa shape index (κ2) is 8.10. The monoisotopic (exact) mass is 390 g/mol. The third kappa shape index (κ3) is 5.55. The zero-order valence-corrected chi connectivity index (χ0v) is 17.1. The normalized spacial score (nSPS) is 11.9. The second-order valence-corrected chi connectivity index (χ2v) is 9.07. The van der Waals surface area contributed by atoms with E-state index >= 15 is 0 Å². The van der Waals surface area contributed by atoms with Crippen molar-refractivity contribution in [1.29, 1.82) is 0 Å². The van der Waals surface area contributed by atoms with E-state index in [0.29, 0.717) is 17.0 Å². The molecule has 2 rings (SSSR count). The Hall–Kier alpha value is -2.38. The highest BCUT2D eigenvalue weighted by Gasteiger charge is 2.18. The van der Waals surface area contributed by atoms with Crippen LogP contribution in [0.3, 0.4) is 0 Å². The van der Waals surface area contributed by atoms with E-state index in [-0.39, 0.29) is 16.9 Å². The van der Waals surface area contributed by atoms with Crippen molar-refractivity contribution in [2.45, 2.75) is 38.0 Å². The molecule has 0 fully saturated rings. The van der Waals surface area contributed by atoms with E-state index in [0.717, 1.165) is 5.56 Å². The van der Waals surface area contributed by atoms with Gasteiger partial charge in [-0.2, -0.15) is 0 Å². The molecule has 146 valence electrons. The van der Waals surface area contributed by atoms with E-state index in [9.17, 15) is 13.2 Å². The summed E-state index contributed by atoms with van der Waals surface area (Å²) in [5.74, 6) is 0.135. The van der Waals surface area contributed by atoms with E-state index in [1.54, 1.807) is 31.2 Å². The number of amides is 1. The van der Waals surface area contributed by atoms with Crippen LogP contribution in [0.2, 0.25) is 0 Å². The minimum absolute atomic E-state index is 0.0222. The van der Waals surface area contributed by atoms with Crippen LogP contribution in [0, 0.1) is 6.92 Å². The standard InChI is InChI=1S/C20H26N2O4S/c1-14-12-17(26-5)10-11-18(14)27(24,25)21-13-19(23)22-16-8-6-15(7-9-16)20(2,3)4/h6-12,21H,13H2,1-5H3,(H,22,23). The third-order valence-corrected chi connectivity index (χ3v) is 5.69. The topological polar surface area (TPSA) is 84.5 Å². The Kier molecular flexibility index (Phi) is 6.28. The van der Waals surface area contributed by atoms with E-state index in [4.69, 9.17) is 4.74 Å². The molecule has 0 aromatic heterocycles. The van der Waals surface area contributed by atoms with E-state index in [1.807, 2.05) is 12.1 Å². The van der Waals surface area contributed by atoms with E-state index < -0.39 is 15.9 Å². The summed E-state index contributed by atoms with van der Waals surface area (Å²) >= 11 is 0. The Bertz CT molecular complexity index is 914. The van der Waals surface area contributed by atoms with Crippen LogP contribution in [-0.4, -0.2) is 28.0 Å². The lowest BCUT2D eigenvalue weighted by Gasteiger charge is -2.19. The smallest absolute Gasteiger partial charge is 0.241 e. The SMILES string of the molecule is COc1ccc(S(=O)(=O)NCC(=O)Nc2ccc(C(C)(C)C)cc2)c(C)c1. The number of hydrogen-bond acceptors (Lipinski definition) is 4. The number of aryl methyl sites for hydroxylation is 1. The molecule has 2 aromatic carbocycles. The predicted molar refractivity (Wildman–Crippen MR) is 107 cm³/mol. The number of nitrogens with one attached hydrogen (secondary N) is 2. The van der Waals surface area contributed by atoms with Crippen molar-refractivity contribution < 1.29 is 17.9 Å².